The number of piperidine rings is 1. The minimum atomic E-state index is 0.519. The Morgan fingerprint density at radius 3 is 2.96 bits per heavy atom. The second kappa shape index (κ2) is 8.22. The van der Waals surface area contributed by atoms with Crippen molar-refractivity contribution in [3.63, 3.8) is 0 Å². The molecule has 0 radical (unpaired) electrons. The van der Waals surface area contributed by atoms with Gasteiger partial charge in [-0.2, -0.15) is 4.98 Å². The molecule has 128 valence electrons. The molecule has 0 amide bonds. The zero-order valence-electron chi connectivity index (χ0n) is 14.5. The van der Waals surface area contributed by atoms with Crippen LogP contribution in [0.2, 0.25) is 0 Å². The molecule has 1 N–H and O–H groups in total. The third-order valence-corrected chi connectivity index (χ3v) is 4.32. The molecule has 5 nitrogen and oxygen atoms in total. The minimum Gasteiger partial charge on any atom is -0.340 e. The van der Waals surface area contributed by atoms with Crippen LogP contribution in [-0.4, -0.2) is 40.7 Å². The summed E-state index contributed by atoms with van der Waals surface area (Å²) in [5.41, 5.74) is 2.61. The number of likely N-dealkylation sites (tertiary alicyclic amines) is 1. The maximum absolute atomic E-state index is 5.06. The van der Waals surface area contributed by atoms with E-state index in [0.29, 0.717) is 11.9 Å². The Balaban J connectivity index is 1.47. The number of aromatic nitrogens is 2. The first-order valence-electron chi connectivity index (χ1n) is 8.66. The maximum Gasteiger partial charge on any atom is 0.223 e. The van der Waals surface area contributed by atoms with Crippen molar-refractivity contribution in [3.8, 4) is 0 Å². The molecule has 0 spiro atoms. The molecular weight excluding hydrogens is 300 g/mol. The summed E-state index contributed by atoms with van der Waals surface area (Å²) in [7, 11) is 0. The van der Waals surface area contributed by atoms with E-state index >= 15 is 0 Å². The first-order valence-corrected chi connectivity index (χ1v) is 8.66. The van der Waals surface area contributed by atoms with E-state index < -0.39 is 0 Å². The summed E-state index contributed by atoms with van der Waals surface area (Å²) in [5.74, 6) is 1.42. The van der Waals surface area contributed by atoms with E-state index in [1.807, 2.05) is 13.0 Å². The fraction of sp³-hybridized carbons (Fsp3) is 0.474. The Bertz CT molecular complexity index is 665. The highest BCUT2D eigenvalue weighted by molar-refractivity contribution is 5.52. The molecule has 1 aromatic heterocycles. The van der Waals surface area contributed by atoms with Crippen molar-refractivity contribution in [3.05, 3.63) is 53.2 Å². The average Bonchev–Trinajstić information content (AvgIpc) is 2.99. The van der Waals surface area contributed by atoms with Crippen LogP contribution in [0.4, 0.5) is 0 Å². The van der Waals surface area contributed by atoms with Crippen LogP contribution in [0, 0.1) is 6.92 Å². The number of hydrogen-bond donors (Lipinski definition) is 1. The van der Waals surface area contributed by atoms with E-state index in [-0.39, 0.29) is 0 Å². The second-order valence-corrected chi connectivity index (χ2v) is 6.59. The molecular formula is C19H26N4O. The zero-order chi connectivity index (χ0) is 16.8. The van der Waals surface area contributed by atoms with Gasteiger partial charge in [-0.05, 0) is 31.9 Å². The molecule has 1 aromatic carbocycles. The molecule has 2 heterocycles. The van der Waals surface area contributed by atoms with Crippen molar-refractivity contribution in [2.75, 3.05) is 19.6 Å². The van der Waals surface area contributed by atoms with Crippen molar-refractivity contribution >= 4 is 6.08 Å². The number of nitrogens with one attached hydrogen (secondary N) is 1. The van der Waals surface area contributed by atoms with Crippen LogP contribution in [0.1, 0.15) is 37.0 Å². The summed E-state index contributed by atoms with van der Waals surface area (Å²) < 4.78 is 5.06. The molecule has 1 aliphatic heterocycles. The maximum atomic E-state index is 5.06. The summed E-state index contributed by atoms with van der Waals surface area (Å²) in [5, 5.41) is 7.69. The number of nitrogens with zero attached hydrogens (tertiary/aromatic N) is 3. The van der Waals surface area contributed by atoms with Crippen molar-refractivity contribution in [2.24, 2.45) is 0 Å². The van der Waals surface area contributed by atoms with Gasteiger partial charge in [0.1, 0.15) is 0 Å². The molecule has 0 aliphatic carbocycles. The van der Waals surface area contributed by atoms with E-state index in [1.165, 1.54) is 24.0 Å². The molecule has 1 fully saturated rings. The lowest BCUT2D eigenvalue weighted by Gasteiger charge is -2.32. The van der Waals surface area contributed by atoms with Gasteiger partial charge in [0.15, 0.2) is 5.82 Å². The van der Waals surface area contributed by atoms with Crippen molar-refractivity contribution < 1.29 is 4.52 Å². The summed E-state index contributed by atoms with van der Waals surface area (Å²) in [6, 6.07) is 11.0. The Kier molecular flexibility index (Phi) is 5.77. The predicted molar refractivity (Wildman–Crippen MR) is 95.4 cm³/mol. The van der Waals surface area contributed by atoms with Gasteiger partial charge in [-0.3, -0.25) is 4.90 Å². The first kappa shape index (κ1) is 16.9. The summed E-state index contributed by atoms with van der Waals surface area (Å²) in [6.07, 6.45) is 4.67. The fourth-order valence-corrected chi connectivity index (χ4v) is 3.16. The molecule has 0 unspecified atom stereocenters. The van der Waals surface area contributed by atoms with Crippen LogP contribution < -0.4 is 5.32 Å². The van der Waals surface area contributed by atoms with Gasteiger partial charge in [-0.25, -0.2) is 0 Å². The molecule has 2 aromatic rings. The van der Waals surface area contributed by atoms with Crippen LogP contribution >= 0.6 is 0 Å². The van der Waals surface area contributed by atoms with E-state index in [9.17, 15) is 0 Å². The molecule has 5 heteroatoms. The highest BCUT2D eigenvalue weighted by atomic mass is 16.5. The number of hydrogen-bond acceptors (Lipinski definition) is 5. The van der Waals surface area contributed by atoms with Crippen molar-refractivity contribution in [1.29, 1.82) is 0 Å². The van der Waals surface area contributed by atoms with Crippen molar-refractivity contribution in [2.45, 2.75) is 39.3 Å². The smallest absolute Gasteiger partial charge is 0.223 e. The summed E-state index contributed by atoms with van der Waals surface area (Å²) >= 11 is 0. The van der Waals surface area contributed by atoms with Gasteiger partial charge in [0.05, 0.1) is 6.54 Å². The third kappa shape index (κ3) is 5.01. The monoisotopic (exact) mass is 326 g/mol. The molecule has 0 bridgehead atoms. The predicted octanol–water partition coefficient (Wildman–Crippen LogP) is 3.04. The summed E-state index contributed by atoms with van der Waals surface area (Å²) in [6.45, 7) is 7.85. The van der Waals surface area contributed by atoms with Crippen LogP contribution in [0.15, 0.2) is 40.4 Å². The molecule has 24 heavy (non-hydrogen) atoms. The van der Waals surface area contributed by atoms with Gasteiger partial charge in [-0.15, -0.1) is 0 Å². The molecule has 3 rings (SSSR count). The van der Waals surface area contributed by atoms with E-state index in [0.717, 1.165) is 32.0 Å². The topological polar surface area (TPSA) is 54.2 Å². The molecule has 1 atom stereocenters. The quantitative estimate of drug-likeness (QED) is 0.884. The Morgan fingerprint density at radius 2 is 2.21 bits per heavy atom. The van der Waals surface area contributed by atoms with Crippen molar-refractivity contribution in [1.82, 2.24) is 20.4 Å². The summed E-state index contributed by atoms with van der Waals surface area (Å²) in [4.78, 5) is 6.71. The highest BCUT2D eigenvalue weighted by Gasteiger charge is 2.20. The Morgan fingerprint density at radius 1 is 1.38 bits per heavy atom. The largest absolute Gasteiger partial charge is 0.340 e. The Hall–Kier alpha value is -1.98. The first-order chi connectivity index (χ1) is 11.7. The van der Waals surface area contributed by atoms with Crippen LogP contribution in [-0.2, 0) is 6.54 Å². The van der Waals surface area contributed by atoms with Crippen LogP contribution in [0.25, 0.3) is 6.08 Å². The van der Waals surface area contributed by atoms with Gasteiger partial charge < -0.3 is 9.84 Å². The van der Waals surface area contributed by atoms with Gasteiger partial charge in [-0.1, -0.05) is 47.1 Å². The SMILES string of the molecule is C/C(=C/c1ccccc1)CN[C@@H]1CCCN(Cc2noc(C)n2)C1. The lowest BCUT2D eigenvalue weighted by atomic mass is 10.0. The van der Waals surface area contributed by atoms with E-state index in [2.05, 4.69) is 57.6 Å². The molecule has 1 aliphatic rings. The fourth-order valence-electron chi connectivity index (χ4n) is 3.16. The minimum absolute atomic E-state index is 0.519. The Labute approximate surface area is 143 Å². The van der Waals surface area contributed by atoms with Gasteiger partial charge >= 0.3 is 0 Å². The highest BCUT2D eigenvalue weighted by Crippen LogP contribution is 2.13. The van der Waals surface area contributed by atoms with Gasteiger partial charge in [0, 0.05) is 26.1 Å². The lowest BCUT2D eigenvalue weighted by molar-refractivity contribution is 0.179. The number of aryl methyl sites for hydroxylation is 1. The second-order valence-electron chi connectivity index (χ2n) is 6.59. The van der Waals surface area contributed by atoms with E-state index in [1.54, 1.807) is 0 Å². The average molecular weight is 326 g/mol. The third-order valence-electron chi connectivity index (χ3n) is 4.32. The lowest BCUT2D eigenvalue weighted by Crippen LogP contribution is -2.45. The van der Waals surface area contributed by atoms with E-state index in [4.69, 9.17) is 4.52 Å². The zero-order valence-corrected chi connectivity index (χ0v) is 14.5. The van der Waals surface area contributed by atoms with Gasteiger partial charge in [0.2, 0.25) is 5.89 Å². The molecule has 0 saturated carbocycles. The van der Waals surface area contributed by atoms with Gasteiger partial charge in [0.25, 0.3) is 0 Å². The number of benzene rings is 1. The van der Waals surface area contributed by atoms with Crippen LogP contribution in [0.5, 0.6) is 0 Å². The van der Waals surface area contributed by atoms with Crippen LogP contribution in [0.3, 0.4) is 0 Å². The molecule has 1 saturated heterocycles. The standard InChI is InChI=1S/C19H26N4O/c1-15(11-17-7-4-3-5-8-17)12-20-18-9-6-10-23(13-18)14-19-21-16(2)24-22-19/h3-5,7-8,11,18,20H,6,9-10,12-14H2,1-2H3/b15-11-/t18-/m1/s1. The normalized spacial score (nSPS) is 19.6. The number of rotatable bonds is 6.